The number of carbonyl (C=O) groups excluding carboxylic acids is 1. The number of hydrogen-bond acceptors (Lipinski definition) is 5. The van der Waals surface area contributed by atoms with E-state index < -0.39 is 11.9 Å². The smallest absolute Gasteiger partial charge is 0.307 e. The summed E-state index contributed by atoms with van der Waals surface area (Å²) in [6.45, 7) is 0. The summed E-state index contributed by atoms with van der Waals surface area (Å²) in [6.07, 6.45) is -0.399. The molecule has 1 saturated heterocycles. The summed E-state index contributed by atoms with van der Waals surface area (Å²) in [5, 5.41) is 0. The van der Waals surface area contributed by atoms with Crippen LogP contribution in [0.3, 0.4) is 0 Å². The van der Waals surface area contributed by atoms with Crippen molar-refractivity contribution in [2.24, 2.45) is 0 Å². The number of ketones is 1. The Kier molecular flexibility index (Phi) is 2.68. The number of hydrogen-bond donors (Lipinski definition) is 0. The third kappa shape index (κ3) is 1.66. The van der Waals surface area contributed by atoms with Crippen LogP contribution in [0, 0.1) is 0 Å². The van der Waals surface area contributed by atoms with Gasteiger partial charge in [0, 0.05) is 12.1 Å². The second kappa shape index (κ2) is 4.48. The molecule has 5 nitrogen and oxygen atoms in total. The van der Waals surface area contributed by atoms with Crippen molar-refractivity contribution in [3.05, 3.63) is 53.6 Å². The van der Waals surface area contributed by atoms with E-state index in [1.54, 1.807) is 19.2 Å². The van der Waals surface area contributed by atoms with E-state index in [1.165, 1.54) is 7.11 Å². The summed E-state index contributed by atoms with van der Waals surface area (Å²) in [5.41, 5.74) is 1.32. The lowest BCUT2D eigenvalue weighted by Crippen LogP contribution is -2.25. The van der Waals surface area contributed by atoms with E-state index in [-0.39, 0.29) is 5.78 Å². The quantitative estimate of drug-likeness (QED) is 0.816. The lowest BCUT2D eigenvalue weighted by Gasteiger charge is -2.07. The Hall–Kier alpha value is -2.53. The third-order valence-corrected chi connectivity index (χ3v) is 3.98. The maximum atomic E-state index is 12.8. The largest absolute Gasteiger partial charge is 0.496 e. The first-order chi connectivity index (χ1) is 10.7. The minimum atomic E-state index is -1.26. The van der Waals surface area contributed by atoms with Crippen LogP contribution in [0.2, 0.25) is 0 Å². The zero-order valence-corrected chi connectivity index (χ0v) is 12.2. The standard InChI is InChI=1S/C17H14O5/c1-19-11-8-12(20-2)14-13(9-11)21-17(15(14)18)16(22-17)10-6-4-3-5-7-10/h3-9,16H,1-2H3. The van der Waals surface area contributed by atoms with Crippen molar-refractivity contribution in [1.82, 2.24) is 0 Å². The molecule has 5 heteroatoms. The van der Waals surface area contributed by atoms with Crippen LogP contribution in [0.25, 0.3) is 0 Å². The summed E-state index contributed by atoms with van der Waals surface area (Å²) in [5.74, 6) is -0.0463. The van der Waals surface area contributed by atoms with Gasteiger partial charge in [-0.05, 0) is 5.56 Å². The van der Waals surface area contributed by atoms with Crippen LogP contribution in [0.1, 0.15) is 22.0 Å². The first-order valence-electron chi connectivity index (χ1n) is 6.92. The highest BCUT2D eigenvalue weighted by atomic mass is 16.8. The number of ether oxygens (including phenoxy) is 4. The number of rotatable bonds is 3. The summed E-state index contributed by atoms with van der Waals surface area (Å²) in [7, 11) is 3.06. The van der Waals surface area contributed by atoms with E-state index in [4.69, 9.17) is 18.9 Å². The van der Waals surface area contributed by atoms with Gasteiger partial charge in [-0.15, -0.1) is 0 Å². The van der Waals surface area contributed by atoms with E-state index in [0.717, 1.165) is 5.56 Å². The lowest BCUT2D eigenvalue weighted by atomic mass is 10.0. The van der Waals surface area contributed by atoms with Gasteiger partial charge in [0.1, 0.15) is 22.8 Å². The second-order valence-electron chi connectivity index (χ2n) is 5.21. The summed E-state index contributed by atoms with van der Waals surface area (Å²) in [4.78, 5) is 12.8. The lowest BCUT2D eigenvalue weighted by molar-refractivity contribution is 0.0536. The molecule has 0 amide bonds. The number of fused-ring (bicyclic) bond motifs is 1. The fraction of sp³-hybridized carbons (Fsp3) is 0.235. The Balaban J connectivity index is 1.75. The van der Waals surface area contributed by atoms with Crippen LogP contribution in [-0.4, -0.2) is 25.8 Å². The molecule has 2 aromatic carbocycles. The summed E-state index contributed by atoms with van der Waals surface area (Å²) in [6, 6.07) is 12.9. The topological polar surface area (TPSA) is 57.3 Å². The first kappa shape index (κ1) is 13.2. The number of epoxide rings is 1. The van der Waals surface area contributed by atoms with Gasteiger partial charge in [0.2, 0.25) is 5.78 Å². The minimum absolute atomic E-state index is 0.212. The van der Waals surface area contributed by atoms with Crippen LogP contribution in [-0.2, 0) is 4.74 Å². The first-order valence-corrected chi connectivity index (χ1v) is 6.92. The Morgan fingerprint density at radius 3 is 2.55 bits per heavy atom. The van der Waals surface area contributed by atoms with E-state index >= 15 is 0 Å². The summed E-state index contributed by atoms with van der Waals surface area (Å²) >= 11 is 0. The Morgan fingerprint density at radius 1 is 1.09 bits per heavy atom. The fourth-order valence-electron chi connectivity index (χ4n) is 2.84. The van der Waals surface area contributed by atoms with Crippen LogP contribution in [0.15, 0.2) is 42.5 Å². The van der Waals surface area contributed by atoms with Crippen LogP contribution >= 0.6 is 0 Å². The molecule has 4 rings (SSSR count). The molecule has 22 heavy (non-hydrogen) atoms. The van der Waals surface area contributed by atoms with Gasteiger partial charge < -0.3 is 18.9 Å². The van der Waals surface area contributed by atoms with E-state index in [9.17, 15) is 4.79 Å². The van der Waals surface area contributed by atoms with Crippen molar-refractivity contribution in [2.45, 2.75) is 11.9 Å². The van der Waals surface area contributed by atoms with Gasteiger partial charge in [0.15, 0.2) is 6.10 Å². The van der Waals surface area contributed by atoms with E-state index in [1.807, 2.05) is 30.3 Å². The van der Waals surface area contributed by atoms with E-state index in [2.05, 4.69) is 0 Å². The van der Waals surface area contributed by atoms with Gasteiger partial charge in [-0.3, -0.25) is 4.79 Å². The molecule has 0 N–H and O–H groups in total. The van der Waals surface area contributed by atoms with Crippen molar-refractivity contribution in [3.8, 4) is 17.2 Å². The van der Waals surface area contributed by atoms with Crippen LogP contribution < -0.4 is 14.2 Å². The number of benzene rings is 2. The molecule has 2 aromatic rings. The number of carbonyl (C=O) groups is 1. The van der Waals surface area contributed by atoms with Crippen molar-refractivity contribution >= 4 is 5.78 Å². The number of Topliss-reactive ketones (excluding diaryl/α,β-unsaturated/α-hetero) is 1. The van der Waals surface area contributed by atoms with Gasteiger partial charge in [-0.1, -0.05) is 30.3 Å². The second-order valence-corrected chi connectivity index (χ2v) is 5.21. The molecule has 2 aliphatic rings. The summed E-state index contributed by atoms with van der Waals surface area (Å²) < 4.78 is 22.0. The van der Waals surface area contributed by atoms with Crippen molar-refractivity contribution < 1.29 is 23.7 Å². The molecule has 2 unspecified atom stereocenters. The van der Waals surface area contributed by atoms with Gasteiger partial charge >= 0.3 is 5.79 Å². The molecule has 0 aromatic heterocycles. The Bertz CT molecular complexity index is 755. The van der Waals surface area contributed by atoms with Gasteiger partial charge in [-0.2, -0.15) is 0 Å². The molecule has 112 valence electrons. The highest BCUT2D eigenvalue weighted by Crippen LogP contribution is 2.58. The molecule has 1 fully saturated rings. The van der Waals surface area contributed by atoms with E-state index in [0.29, 0.717) is 22.8 Å². The molecule has 2 heterocycles. The average molecular weight is 298 g/mol. The Labute approximate surface area is 127 Å². The van der Waals surface area contributed by atoms with Crippen LogP contribution in [0.5, 0.6) is 17.2 Å². The number of methoxy groups -OCH3 is 2. The monoisotopic (exact) mass is 298 g/mol. The molecule has 1 spiro atoms. The predicted molar refractivity (Wildman–Crippen MR) is 77.5 cm³/mol. The predicted octanol–water partition coefficient (Wildman–Crippen LogP) is 2.75. The zero-order chi connectivity index (χ0) is 15.3. The van der Waals surface area contributed by atoms with Gasteiger partial charge in [0.05, 0.1) is 14.2 Å². The maximum Gasteiger partial charge on any atom is 0.307 e. The Morgan fingerprint density at radius 2 is 1.86 bits per heavy atom. The fourth-order valence-corrected chi connectivity index (χ4v) is 2.84. The zero-order valence-electron chi connectivity index (χ0n) is 12.2. The van der Waals surface area contributed by atoms with Gasteiger partial charge in [-0.25, -0.2) is 0 Å². The van der Waals surface area contributed by atoms with Crippen molar-refractivity contribution in [2.75, 3.05) is 14.2 Å². The minimum Gasteiger partial charge on any atom is -0.496 e. The van der Waals surface area contributed by atoms with Gasteiger partial charge in [0.25, 0.3) is 0 Å². The maximum absolute atomic E-state index is 12.8. The molecule has 0 aliphatic carbocycles. The third-order valence-electron chi connectivity index (χ3n) is 3.98. The molecule has 2 atom stereocenters. The highest BCUT2D eigenvalue weighted by Gasteiger charge is 2.70. The SMILES string of the molecule is COc1cc(OC)c2c(c1)OC1(OC1c1ccccc1)C2=O. The van der Waals surface area contributed by atoms with Crippen LogP contribution in [0.4, 0.5) is 0 Å². The molecular weight excluding hydrogens is 284 g/mol. The molecule has 0 saturated carbocycles. The molecular formula is C17H14O5. The average Bonchev–Trinajstić information content (AvgIpc) is 3.22. The van der Waals surface area contributed by atoms with Crippen molar-refractivity contribution in [1.29, 1.82) is 0 Å². The highest BCUT2D eigenvalue weighted by molar-refractivity contribution is 6.10. The molecule has 0 bridgehead atoms. The van der Waals surface area contributed by atoms with Crippen molar-refractivity contribution in [3.63, 3.8) is 0 Å². The molecule has 2 aliphatic heterocycles. The normalized spacial score (nSPS) is 24.8. The molecule has 0 radical (unpaired) electrons.